The number of carbonyl (C=O) groups is 3. The second-order valence-electron chi connectivity index (χ2n) is 5.86. The van der Waals surface area contributed by atoms with Crippen molar-refractivity contribution in [2.75, 3.05) is 9.80 Å². The van der Waals surface area contributed by atoms with Crippen LogP contribution < -0.4 is 9.80 Å². The molecule has 0 saturated carbocycles. The zero-order valence-corrected chi connectivity index (χ0v) is 12.9. The maximum absolute atomic E-state index is 12.8. The Morgan fingerprint density at radius 2 is 1.00 bits per heavy atom. The molecule has 0 bridgehead atoms. The molecule has 0 aliphatic carbocycles. The number of benzene rings is 2. The Kier molecular flexibility index (Phi) is 3.48. The lowest BCUT2D eigenvalue weighted by molar-refractivity contribution is -0.138. The normalized spacial score (nSPS) is 17.6. The summed E-state index contributed by atoms with van der Waals surface area (Å²) >= 11 is 0. The van der Waals surface area contributed by atoms with E-state index in [2.05, 4.69) is 0 Å². The number of nitrogens with zero attached hydrogens (tertiary/aromatic N) is 2. The molecule has 1 fully saturated rings. The van der Waals surface area contributed by atoms with E-state index in [0.29, 0.717) is 11.4 Å². The van der Waals surface area contributed by atoms with Gasteiger partial charge in [-0.05, 0) is 38.1 Å². The van der Waals surface area contributed by atoms with Crippen molar-refractivity contribution in [1.29, 1.82) is 0 Å². The van der Waals surface area contributed by atoms with Crippen LogP contribution in [0.25, 0.3) is 0 Å². The molecule has 1 aliphatic rings. The molecule has 3 rings (SSSR count). The van der Waals surface area contributed by atoms with E-state index in [-0.39, 0.29) is 0 Å². The highest BCUT2D eigenvalue weighted by Gasteiger charge is 2.52. The van der Waals surface area contributed by atoms with E-state index in [1.807, 2.05) is 0 Å². The minimum atomic E-state index is -1.32. The van der Waals surface area contributed by atoms with Gasteiger partial charge in [-0.2, -0.15) is 0 Å². The molecule has 1 aliphatic heterocycles. The Bertz CT molecular complexity index is 706. The van der Waals surface area contributed by atoms with Gasteiger partial charge in [0.25, 0.3) is 0 Å². The van der Waals surface area contributed by atoms with Crippen molar-refractivity contribution in [3.63, 3.8) is 0 Å². The van der Waals surface area contributed by atoms with E-state index in [1.165, 1.54) is 13.8 Å². The number of barbiturate groups is 1. The van der Waals surface area contributed by atoms with Crippen LogP contribution in [0.15, 0.2) is 60.7 Å². The minimum Gasteiger partial charge on any atom is -0.273 e. The van der Waals surface area contributed by atoms with Crippen molar-refractivity contribution < 1.29 is 14.4 Å². The molecule has 5 nitrogen and oxygen atoms in total. The third-order valence-electron chi connectivity index (χ3n) is 3.89. The number of urea groups is 1. The number of amides is 4. The van der Waals surface area contributed by atoms with Crippen LogP contribution in [0.2, 0.25) is 0 Å². The number of hydrogen-bond donors (Lipinski definition) is 0. The largest absolute Gasteiger partial charge is 0.342 e. The number of rotatable bonds is 2. The molecule has 1 saturated heterocycles. The van der Waals surface area contributed by atoms with Crippen LogP contribution in [0, 0.1) is 5.41 Å². The van der Waals surface area contributed by atoms with E-state index in [4.69, 9.17) is 0 Å². The van der Waals surface area contributed by atoms with Crippen molar-refractivity contribution in [3.8, 4) is 0 Å². The summed E-state index contributed by atoms with van der Waals surface area (Å²) in [5, 5.41) is 0. The van der Waals surface area contributed by atoms with Crippen LogP contribution in [-0.4, -0.2) is 17.8 Å². The smallest absolute Gasteiger partial charge is 0.273 e. The predicted molar refractivity (Wildman–Crippen MR) is 87.0 cm³/mol. The van der Waals surface area contributed by atoms with Gasteiger partial charge in [-0.1, -0.05) is 36.4 Å². The molecular weight excluding hydrogens is 292 g/mol. The molecule has 2 aromatic rings. The third-order valence-corrected chi connectivity index (χ3v) is 3.89. The lowest BCUT2D eigenvalue weighted by Crippen LogP contribution is -2.64. The topological polar surface area (TPSA) is 57.7 Å². The Morgan fingerprint density at radius 1 is 0.652 bits per heavy atom. The van der Waals surface area contributed by atoms with E-state index >= 15 is 0 Å². The SMILES string of the molecule is CC1(C)C(=O)N(c2ccccc2)C(=O)N(c2ccccc2)C1=O. The first-order chi connectivity index (χ1) is 10.9. The van der Waals surface area contributed by atoms with E-state index in [0.717, 1.165) is 9.80 Å². The van der Waals surface area contributed by atoms with E-state index in [9.17, 15) is 14.4 Å². The van der Waals surface area contributed by atoms with Crippen LogP contribution in [0.3, 0.4) is 0 Å². The van der Waals surface area contributed by atoms with Crippen molar-refractivity contribution in [1.82, 2.24) is 0 Å². The average Bonchev–Trinajstić information content (AvgIpc) is 2.56. The number of imide groups is 2. The second kappa shape index (κ2) is 5.35. The highest BCUT2D eigenvalue weighted by molar-refractivity contribution is 6.38. The minimum absolute atomic E-state index is 0.448. The molecule has 0 spiro atoms. The van der Waals surface area contributed by atoms with E-state index in [1.54, 1.807) is 60.7 Å². The first-order valence-electron chi connectivity index (χ1n) is 7.28. The van der Waals surface area contributed by atoms with Crippen LogP contribution in [0.4, 0.5) is 16.2 Å². The molecule has 23 heavy (non-hydrogen) atoms. The first-order valence-corrected chi connectivity index (χ1v) is 7.28. The summed E-state index contributed by atoms with van der Waals surface area (Å²) < 4.78 is 0. The number of carbonyl (C=O) groups excluding carboxylic acids is 3. The van der Waals surface area contributed by atoms with Gasteiger partial charge >= 0.3 is 6.03 Å². The summed E-state index contributed by atoms with van der Waals surface area (Å²) in [7, 11) is 0. The van der Waals surface area contributed by atoms with Crippen LogP contribution in [0.1, 0.15) is 13.8 Å². The molecule has 2 aromatic carbocycles. The summed E-state index contributed by atoms with van der Waals surface area (Å²) in [6.45, 7) is 3.08. The van der Waals surface area contributed by atoms with Gasteiger partial charge in [0.1, 0.15) is 5.41 Å². The van der Waals surface area contributed by atoms with E-state index < -0.39 is 23.3 Å². The van der Waals surface area contributed by atoms with Crippen molar-refractivity contribution in [3.05, 3.63) is 60.7 Å². The lowest BCUT2D eigenvalue weighted by atomic mass is 9.87. The van der Waals surface area contributed by atoms with Crippen molar-refractivity contribution in [2.24, 2.45) is 5.41 Å². The summed E-state index contributed by atoms with van der Waals surface area (Å²) in [4.78, 5) is 40.4. The monoisotopic (exact) mass is 308 g/mol. The number of anilines is 2. The molecule has 0 N–H and O–H groups in total. The maximum Gasteiger partial charge on any atom is 0.342 e. The molecule has 116 valence electrons. The van der Waals surface area contributed by atoms with Gasteiger partial charge in [0.15, 0.2) is 0 Å². The summed E-state index contributed by atoms with van der Waals surface area (Å²) in [6, 6.07) is 16.6. The van der Waals surface area contributed by atoms with Gasteiger partial charge in [0, 0.05) is 0 Å². The Labute approximate surface area is 134 Å². The molecular formula is C18H16N2O3. The molecule has 0 aromatic heterocycles. The lowest BCUT2D eigenvalue weighted by Gasteiger charge is -2.40. The standard InChI is InChI=1S/C18H16N2O3/c1-18(2)15(21)19(13-9-5-3-6-10-13)17(23)20(16(18)22)14-11-7-4-8-12-14/h3-12H,1-2H3. The van der Waals surface area contributed by atoms with Gasteiger partial charge in [-0.25, -0.2) is 14.6 Å². The summed E-state index contributed by atoms with van der Waals surface area (Å²) in [5.74, 6) is -1.04. The van der Waals surface area contributed by atoms with Crippen LogP contribution in [-0.2, 0) is 9.59 Å². The average molecular weight is 308 g/mol. The Morgan fingerprint density at radius 3 is 1.35 bits per heavy atom. The fourth-order valence-corrected chi connectivity index (χ4v) is 2.53. The predicted octanol–water partition coefficient (Wildman–Crippen LogP) is 3.21. The zero-order chi connectivity index (χ0) is 16.6. The molecule has 0 unspecified atom stereocenters. The van der Waals surface area contributed by atoms with Gasteiger partial charge in [0.05, 0.1) is 11.4 Å². The van der Waals surface area contributed by atoms with Crippen molar-refractivity contribution >= 4 is 29.2 Å². The third kappa shape index (κ3) is 2.30. The fraction of sp³-hybridized carbons (Fsp3) is 0.167. The highest BCUT2D eigenvalue weighted by Crippen LogP contribution is 2.34. The van der Waals surface area contributed by atoms with Crippen LogP contribution in [0.5, 0.6) is 0 Å². The fourth-order valence-electron chi connectivity index (χ4n) is 2.53. The van der Waals surface area contributed by atoms with Crippen molar-refractivity contribution in [2.45, 2.75) is 13.8 Å². The van der Waals surface area contributed by atoms with Gasteiger partial charge in [-0.15, -0.1) is 0 Å². The van der Waals surface area contributed by atoms with Gasteiger partial charge in [-0.3, -0.25) is 9.59 Å². The number of hydrogen-bond acceptors (Lipinski definition) is 3. The zero-order valence-electron chi connectivity index (χ0n) is 12.9. The summed E-state index contributed by atoms with van der Waals surface area (Å²) in [6.07, 6.45) is 0. The first kappa shape index (κ1) is 15.0. The highest BCUT2D eigenvalue weighted by atomic mass is 16.2. The molecule has 1 heterocycles. The molecule has 0 atom stereocenters. The Hall–Kier alpha value is -2.95. The quantitative estimate of drug-likeness (QED) is 0.800. The molecule has 5 heteroatoms. The second-order valence-corrected chi connectivity index (χ2v) is 5.86. The Balaban J connectivity index is 2.14. The summed E-state index contributed by atoms with van der Waals surface area (Å²) in [5.41, 5.74) is -0.424. The van der Waals surface area contributed by atoms with Gasteiger partial charge < -0.3 is 0 Å². The number of para-hydroxylation sites is 2. The van der Waals surface area contributed by atoms with Crippen LogP contribution >= 0.6 is 0 Å². The molecule has 0 radical (unpaired) electrons. The van der Waals surface area contributed by atoms with Gasteiger partial charge in [0.2, 0.25) is 11.8 Å². The molecule has 4 amide bonds. The maximum atomic E-state index is 12.8.